The topological polar surface area (TPSA) is 99.3 Å². The Morgan fingerprint density at radius 2 is 2.12 bits per heavy atom. The molecule has 1 aromatic carbocycles. The van der Waals surface area contributed by atoms with E-state index in [9.17, 15) is 14.9 Å². The second-order valence-corrected chi connectivity index (χ2v) is 5.84. The molecule has 128 valence electrons. The summed E-state index contributed by atoms with van der Waals surface area (Å²) in [6.45, 7) is 7.17. The van der Waals surface area contributed by atoms with Crippen LogP contribution in [0, 0.1) is 17.0 Å². The van der Waals surface area contributed by atoms with Crippen molar-refractivity contribution in [3.8, 4) is 0 Å². The number of aryl methyl sites for hydroxylation is 1. The van der Waals surface area contributed by atoms with Crippen LogP contribution in [0.3, 0.4) is 0 Å². The van der Waals surface area contributed by atoms with Crippen LogP contribution in [0.1, 0.15) is 26.3 Å². The minimum atomic E-state index is -0.929. The highest BCUT2D eigenvalue weighted by Gasteiger charge is 2.32. The Labute approximate surface area is 139 Å². The molecular formula is C16H20N4O4. The van der Waals surface area contributed by atoms with Crippen molar-refractivity contribution in [2.45, 2.75) is 33.2 Å². The van der Waals surface area contributed by atoms with Gasteiger partial charge in [-0.1, -0.05) is 0 Å². The van der Waals surface area contributed by atoms with Crippen molar-refractivity contribution in [2.24, 2.45) is 0 Å². The standard InChI is InChI=1S/C16H20N4O4/c1-5-24-15(21)16(3,4)19-10-13(9-17-19)18-12-6-7-14(20(22)23)11(2)8-12/h6-10,18H,5H2,1-4H3. The first-order chi connectivity index (χ1) is 11.3. The average molecular weight is 332 g/mol. The number of ether oxygens (including phenoxy) is 1. The summed E-state index contributed by atoms with van der Waals surface area (Å²) < 4.78 is 6.58. The number of anilines is 2. The number of nitrogens with one attached hydrogen (secondary N) is 1. The number of hydrogen-bond acceptors (Lipinski definition) is 6. The van der Waals surface area contributed by atoms with Crippen LogP contribution in [0.4, 0.5) is 17.1 Å². The first-order valence-electron chi connectivity index (χ1n) is 7.50. The van der Waals surface area contributed by atoms with Gasteiger partial charge in [-0.2, -0.15) is 5.10 Å². The predicted octanol–water partition coefficient (Wildman–Crippen LogP) is 3.14. The first kappa shape index (κ1) is 17.5. The second kappa shape index (κ2) is 6.69. The normalized spacial score (nSPS) is 11.2. The lowest BCUT2D eigenvalue weighted by atomic mass is 10.1. The fourth-order valence-corrected chi connectivity index (χ4v) is 2.20. The van der Waals surface area contributed by atoms with E-state index in [-0.39, 0.29) is 11.7 Å². The number of nitro benzene ring substituents is 1. The lowest BCUT2D eigenvalue weighted by molar-refractivity contribution is -0.385. The van der Waals surface area contributed by atoms with Gasteiger partial charge in [-0.15, -0.1) is 0 Å². The van der Waals surface area contributed by atoms with Crippen LogP contribution < -0.4 is 5.32 Å². The van der Waals surface area contributed by atoms with Crippen LogP contribution >= 0.6 is 0 Å². The predicted molar refractivity (Wildman–Crippen MR) is 89.3 cm³/mol. The van der Waals surface area contributed by atoms with Crippen LogP contribution in [0.2, 0.25) is 0 Å². The number of carbonyl (C=O) groups excluding carboxylic acids is 1. The highest BCUT2D eigenvalue weighted by atomic mass is 16.6. The molecule has 2 rings (SSSR count). The Balaban J connectivity index is 2.18. The zero-order chi connectivity index (χ0) is 17.9. The Kier molecular flexibility index (Phi) is 4.87. The minimum absolute atomic E-state index is 0.0692. The third-order valence-electron chi connectivity index (χ3n) is 3.61. The SMILES string of the molecule is CCOC(=O)C(C)(C)n1cc(Nc2ccc([N+](=O)[O-])c(C)c2)cn1. The number of rotatable bonds is 6. The van der Waals surface area contributed by atoms with Gasteiger partial charge >= 0.3 is 5.97 Å². The highest BCUT2D eigenvalue weighted by molar-refractivity contribution is 5.78. The zero-order valence-corrected chi connectivity index (χ0v) is 14.1. The fourth-order valence-electron chi connectivity index (χ4n) is 2.20. The number of hydrogen-bond donors (Lipinski definition) is 1. The molecule has 0 fully saturated rings. The Morgan fingerprint density at radius 1 is 1.42 bits per heavy atom. The van der Waals surface area contributed by atoms with Gasteiger partial charge in [0.25, 0.3) is 5.69 Å². The maximum atomic E-state index is 12.0. The van der Waals surface area contributed by atoms with Gasteiger partial charge in [0.2, 0.25) is 0 Å². The van der Waals surface area contributed by atoms with Gasteiger partial charge < -0.3 is 10.1 Å². The summed E-state index contributed by atoms with van der Waals surface area (Å²) in [4.78, 5) is 22.4. The van der Waals surface area contributed by atoms with E-state index in [0.29, 0.717) is 23.5 Å². The molecule has 0 saturated heterocycles. The van der Waals surface area contributed by atoms with Gasteiger partial charge in [-0.05, 0) is 39.8 Å². The fraction of sp³-hybridized carbons (Fsp3) is 0.375. The summed E-state index contributed by atoms with van der Waals surface area (Å²) in [5.74, 6) is -0.370. The third kappa shape index (κ3) is 3.53. The van der Waals surface area contributed by atoms with Crippen molar-refractivity contribution >= 4 is 23.0 Å². The molecule has 0 bridgehead atoms. The molecule has 8 nitrogen and oxygen atoms in total. The summed E-state index contributed by atoms with van der Waals surface area (Å²) >= 11 is 0. The molecule has 0 spiro atoms. The number of aromatic nitrogens is 2. The molecule has 0 aliphatic heterocycles. The van der Waals surface area contributed by atoms with E-state index in [1.165, 1.54) is 10.7 Å². The molecule has 0 unspecified atom stereocenters. The Hall–Kier alpha value is -2.90. The van der Waals surface area contributed by atoms with E-state index in [1.54, 1.807) is 52.2 Å². The van der Waals surface area contributed by atoms with Gasteiger partial charge in [-0.25, -0.2) is 4.79 Å². The quantitative estimate of drug-likeness (QED) is 0.495. The van der Waals surface area contributed by atoms with Crippen LogP contribution in [-0.4, -0.2) is 27.3 Å². The number of benzene rings is 1. The smallest absolute Gasteiger partial charge is 0.333 e. The average Bonchev–Trinajstić information content (AvgIpc) is 2.96. The molecule has 1 heterocycles. The summed E-state index contributed by atoms with van der Waals surface area (Å²) in [7, 11) is 0. The van der Waals surface area contributed by atoms with Crippen LogP contribution in [0.25, 0.3) is 0 Å². The molecular weight excluding hydrogens is 312 g/mol. The largest absolute Gasteiger partial charge is 0.464 e. The molecule has 1 aromatic heterocycles. The van der Waals surface area contributed by atoms with Crippen molar-refractivity contribution in [1.82, 2.24) is 9.78 Å². The van der Waals surface area contributed by atoms with E-state index in [4.69, 9.17) is 4.74 Å². The highest BCUT2D eigenvalue weighted by Crippen LogP contribution is 2.25. The summed E-state index contributed by atoms with van der Waals surface area (Å²) in [6.07, 6.45) is 3.27. The minimum Gasteiger partial charge on any atom is -0.464 e. The molecule has 0 atom stereocenters. The van der Waals surface area contributed by atoms with E-state index in [0.717, 1.165) is 0 Å². The maximum Gasteiger partial charge on any atom is 0.333 e. The van der Waals surface area contributed by atoms with Crippen molar-refractivity contribution in [1.29, 1.82) is 0 Å². The van der Waals surface area contributed by atoms with Gasteiger partial charge in [0.1, 0.15) is 0 Å². The maximum absolute atomic E-state index is 12.0. The van der Waals surface area contributed by atoms with Crippen LogP contribution in [0.15, 0.2) is 30.6 Å². The van der Waals surface area contributed by atoms with E-state index in [1.807, 2.05) is 0 Å². The number of carbonyl (C=O) groups is 1. The summed E-state index contributed by atoms with van der Waals surface area (Å²) in [5, 5.41) is 18.2. The van der Waals surface area contributed by atoms with Crippen molar-refractivity contribution in [3.05, 3.63) is 46.3 Å². The van der Waals surface area contributed by atoms with E-state index >= 15 is 0 Å². The van der Waals surface area contributed by atoms with E-state index in [2.05, 4.69) is 10.4 Å². The van der Waals surface area contributed by atoms with Crippen molar-refractivity contribution in [2.75, 3.05) is 11.9 Å². The molecule has 1 N–H and O–H groups in total. The molecule has 0 amide bonds. The van der Waals surface area contributed by atoms with Gasteiger partial charge in [0, 0.05) is 23.5 Å². The number of esters is 1. The van der Waals surface area contributed by atoms with Crippen LogP contribution in [0.5, 0.6) is 0 Å². The Bertz CT molecular complexity index is 767. The van der Waals surface area contributed by atoms with Crippen LogP contribution in [-0.2, 0) is 15.1 Å². The molecule has 0 saturated carbocycles. The first-order valence-corrected chi connectivity index (χ1v) is 7.50. The van der Waals surface area contributed by atoms with Gasteiger partial charge in [0.15, 0.2) is 5.54 Å². The molecule has 24 heavy (non-hydrogen) atoms. The van der Waals surface area contributed by atoms with Crippen molar-refractivity contribution < 1.29 is 14.5 Å². The molecule has 8 heteroatoms. The Morgan fingerprint density at radius 3 is 2.71 bits per heavy atom. The van der Waals surface area contributed by atoms with E-state index < -0.39 is 10.5 Å². The van der Waals surface area contributed by atoms with Gasteiger partial charge in [-0.3, -0.25) is 14.8 Å². The second-order valence-electron chi connectivity index (χ2n) is 5.84. The molecule has 0 aliphatic carbocycles. The molecule has 0 aliphatic rings. The van der Waals surface area contributed by atoms with Gasteiger partial charge in [0.05, 0.1) is 23.4 Å². The lowest BCUT2D eigenvalue weighted by Crippen LogP contribution is -2.37. The third-order valence-corrected chi connectivity index (χ3v) is 3.61. The molecule has 0 radical (unpaired) electrons. The summed E-state index contributed by atoms with van der Waals surface area (Å²) in [6, 6.07) is 4.76. The van der Waals surface area contributed by atoms with Crippen molar-refractivity contribution in [3.63, 3.8) is 0 Å². The summed E-state index contributed by atoms with van der Waals surface area (Å²) in [5.41, 5.74) is 1.07. The lowest BCUT2D eigenvalue weighted by Gasteiger charge is -2.22. The zero-order valence-electron chi connectivity index (χ0n) is 14.1. The molecule has 2 aromatic rings. The monoisotopic (exact) mass is 332 g/mol. The number of nitrogens with zero attached hydrogens (tertiary/aromatic N) is 3. The number of nitro groups is 1.